The van der Waals surface area contributed by atoms with Crippen LogP contribution in [0.4, 0.5) is 0 Å². The molecule has 298 valence electrons. The first-order chi connectivity index (χ1) is 24.4. The van der Waals surface area contributed by atoms with Crippen LogP contribution in [-0.4, -0.2) is 45.4 Å². The minimum Gasteiger partial charge on any atom is -0.466 e. The highest BCUT2D eigenvalue weighted by molar-refractivity contribution is 7.88. The molecule has 8 heteroatoms. The van der Waals surface area contributed by atoms with Crippen LogP contribution in [-0.2, 0) is 33.4 Å². The first-order valence-corrected chi connectivity index (χ1v) is 23.1. The lowest BCUT2D eigenvalue weighted by atomic mass is 10.1. The first-order valence-electron chi connectivity index (χ1n) is 21.6. The van der Waals surface area contributed by atoms with Crippen molar-refractivity contribution in [2.75, 3.05) is 19.8 Å². The van der Waals surface area contributed by atoms with E-state index in [4.69, 9.17) is 13.7 Å². The average Bonchev–Trinajstić information content (AvgIpc) is 3.10. The Labute approximate surface area is 310 Å². The van der Waals surface area contributed by atoms with Gasteiger partial charge in [0, 0.05) is 0 Å². The van der Waals surface area contributed by atoms with Gasteiger partial charge in [-0.3, -0.25) is 13.8 Å². The van der Waals surface area contributed by atoms with Crippen molar-refractivity contribution in [2.45, 2.75) is 238 Å². The van der Waals surface area contributed by atoms with E-state index < -0.39 is 33.7 Å². The molecular weight excluding hydrogens is 649 g/mol. The molecule has 1 atom stereocenters. The third kappa shape index (κ3) is 32.7. The number of ether oxygens (including phenoxy) is 2. The molecule has 50 heavy (non-hydrogen) atoms. The Hall–Kier alpha value is -1.15. The third-order valence-electron chi connectivity index (χ3n) is 9.71. The second-order valence-corrected chi connectivity index (χ2v) is 16.4. The van der Waals surface area contributed by atoms with Crippen LogP contribution in [0.5, 0.6) is 0 Å². The minimum absolute atomic E-state index is 0.00956. The number of hydrogen-bond donors (Lipinski definition) is 0. The molecule has 0 aliphatic carbocycles. The van der Waals surface area contributed by atoms with Gasteiger partial charge in [0.1, 0.15) is 0 Å². The summed E-state index contributed by atoms with van der Waals surface area (Å²) in [6.07, 6.45) is 36.7. The Morgan fingerprint density at radius 3 is 1.02 bits per heavy atom. The van der Waals surface area contributed by atoms with Crippen LogP contribution >= 0.6 is 0 Å². The highest BCUT2D eigenvalue weighted by Crippen LogP contribution is 2.17. The lowest BCUT2D eigenvalue weighted by Crippen LogP contribution is -2.36. The molecule has 0 saturated heterocycles. The van der Waals surface area contributed by atoms with Crippen molar-refractivity contribution in [1.82, 2.24) is 0 Å². The zero-order valence-corrected chi connectivity index (χ0v) is 34.1. The Morgan fingerprint density at radius 2 is 0.680 bits per heavy atom. The quantitative estimate of drug-likeness (QED) is 0.0352. The lowest BCUT2D eigenvalue weighted by molar-refractivity contribution is -0.150. The number of carbonyl (C=O) groups is 2. The van der Waals surface area contributed by atoms with Gasteiger partial charge in [-0.05, 0) is 19.3 Å². The van der Waals surface area contributed by atoms with Crippen LogP contribution in [0.3, 0.4) is 0 Å². The van der Waals surface area contributed by atoms with Crippen molar-refractivity contribution in [3.8, 4) is 0 Å². The maximum absolute atomic E-state index is 13.1. The summed E-state index contributed by atoms with van der Waals surface area (Å²) in [5, 5.41) is -1.69. The van der Waals surface area contributed by atoms with Crippen LogP contribution in [0.25, 0.3) is 0 Å². The topological polar surface area (TPSA) is 96.0 Å². The van der Waals surface area contributed by atoms with Crippen LogP contribution in [0.1, 0.15) is 233 Å². The van der Waals surface area contributed by atoms with E-state index in [-0.39, 0.29) is 19.8 Å². The van der Waals surface area contributed by atoms with Gasteiger partial charge in [0.05, 0.1) is 26.2 Å². The Kier molecular flexibility index (Phi) is 36.7. The van der Waals surface area contributed by atoms with Gasteiger partial charge in [-0.25, -0.2) is 0 Å². The van der Waals surface area contributed by atoms with Gasteiger partial charge in [-0.1, -0.05) is 207 Å². The van der Waals surface area contributed by atoms with Crippen molar-refractivity contribution in [3.63, 3.8) is 0 Å². The average molecular weight is 731 g/mol. The summed E-state index contributed by atoms with van der Waals surface area (Å²) >= 11 is 0. The molecule has 1 unspecified atom stereocenters. The van der Waals surface area contributed by atoms with Crippen molar-refractivity contribution in [1.29, 1.82) is 0 Å². The van der Waals surface area contributed by atoms with E-state index in [0.29, 0.717) is 12.8 Å². The van der Waals surface area contributed by atoms with Crippen molar-refractivity contribution < 1.29 is 31.7 Å². The van der Waals surface area contributed by atoms with Gasteiger partial charge in [0.25, 0.3) is 10.1 Å². The summed E-state index contributed by atoms with van der Waals surface area (Å²) in [7, 11) is -4.33. The SMILES string of the molecule is CCCCCCCCCCCCCCOS(=O)(=O)C(CC(=O)OCCCCCCCCCCCC)C(=O)OCCCCCCCCCCCC. The monoisotopic (exact) mass is 731 g/mol. The maximum atomic E-state index is 13.1. The first kappa shape index (κ1) is 48.9. The van der Waals surface area contributed by atoms with E-state index >= 15 is 0 Å². The smallest absolute Gasteiger partial charge is 0.327 e. The summed E-state index contributed by atoms with van der Waals surface area (Å²) in [4.78, 5) is 25.7. The predicted octanol–water partition coefficient (Wildman–Crippen LogP) is 12.7. The number of unbranched alkanes of at least 4 members (excludes halogenated alkanes) is 29. The largest absolute Gasteiger partial charge is 0.466 e. The lowest BCUT2D eigenvalue weighted by Gasteiger charge is -2.16. The molecule has 0 spiro atoms. The van der Waals surface area contributed by atoms with E-state index in [2.05, 4.69) is 20.8 Å². The number of carbonyl (C=O) groups excluding carboxylic acids is 2. The molecule has 0 fully saturated rings. The maximum Gasteiger partial charge on any atom is 0.327 e. The van der Waals surface area contributed by atoms with Gasteiger partial charge in [-0.2, -0.15) is 8.42 Å². The number of hydrogen-bond acceptors (Lipinski definition) is 7. The molecule has 0 rings (SSSR count). The fraction of sp³-hybridized carbons (Fsp3) is 0.952. The van der Waals surface area contributed by atoms with Gasteiger partial charge >= 0.3 is 11.9 Å². The molecule has 0 bridgehead atoms. The summed E-state index contributed by atoms with van der Waals surface area (Å²) in [6.45, 7) is 7.08. The van der Waals surface area contributed by atoms with Crippen LogP contribution in [0.15, 0.2) is 0 Å². The standard InChI is InChI=1S/C42H82O7S/c1-4-7-10-13-16-19-22-23-26-29-32-35-38-49-50(45,46)40(42(44)48-37-34-31-28-25-21-18-15-12-9-6-3)39-41(43)47-36-33-30-27-24-20-17-14-11-8-5-2/h40H,4-39H2,1-3H3. The summed E-state index contributed by atoms with van der Waals surface area (Å²) in [6, 6.07) is 0. The van der Waals surface area contributed by atoms with Gasteiger partial charge in [-0.15, -0.1) is 0 Å². The molecule has 0 aromatic carbocycles. The molecule has 0 radical (unpaired) electrons. The second kappa shape index (κ2) is 37.6. The van der Waals surface area contributed by atoms with E-state index in [9.17, 15) is 18.0 Å². The van der Waals surface area contributed by atoms with E-state index in [1.54, 1.807) is 0 Å². The summed E-state index contributed by atoms with van der Waals surface area (Å²) in [5.74, 6) is -1.61. The number of rotatable bonds is 40. The van der Waals surface area contributed by atoms with Crippen molar-refractivity contribution in [2.24, 2.45) is 0 Å². The summed E-state index contributed by atoms with van der Waals surface area (Å²) in [5.41, 5.74) is 0. The predicted molar refractivity (Wildman–Crippen MR) is 210 cm³/mol. The molecule has 0 N–H and O–H groups in total. The fourth-order valence-corrected chi connectivity index (χ4v) is 7.50. The molecule has 0 amide bonds. The fourth-order valence-electron chi connectivity index (χ4n) is 6.34. The van der Waals surface area contributed by atoms with E-state index in [0.717, 1.165) is 57.8 Å². The van der Waals surface area contributed by atoms with E-state index in [1.807, 2.05) is 0 Å². The molecule has 0 aliphatic heterocycles. The molecule has 0 heterocycles. The van der Waals surface area contributed by atoms with Crippen LogP contribution in [0.2, 0.25) is 0 Å². The van der Waals surface area contributed by atoms with Gasteiger partial charge in [0.15, 0.2) is 5.25 Å². The van der Waals surface area contributed by atoms with Crippen molar-refractivity contribution >= 4 is 22.1 Å². The van der Waals surface area contributed by atoms with Gasteiger partial charge < -0.3 is 9.47 Å². The molecular formula is C42H82O7S. The second-order valence-electron chi connectivity index (χ2n) is 14.6. The third-order valence-corrected chi connectivity index (χ3v) is 11.3. The zero-order chi connectivity index (χ0) is 36.8. The Balaban J connectivity index is 4.53. The Morgan fingerprint density at radius 1 is 0.400 bits per heavy atom. The molecule has 0 aliphatic rings. The van der Waals surface area contributed by atoms with Crippen molar-refractivity contribution in [3.05, 3.63) is 0 Å². The molecule has 0 aromatic rings. The zero-order valence-electron chi connectivity index (χ0n) is 33.3. The Bertz CT molecular complexity index is 845. The summed E-state index contributed by atoms with van der Waals surface area (Å²) < 4.78 is 42.3. The minimum atomic E-state index is -4.33. The van der Waals surface area contributed by atoms with Crippen LogP contribution < -0.4 is 0 Å². The molecule has 0 aromatic heterocycles. The van der Waals surface area contributed by atoms with Gasteiger partial charge in [0.2, 0.25) is 0 Å². The highest BCUT2D eigenvalue weighted by Gasteiger charge is 2.37. The highest BCUT2D eigenvalue weighted by atomic mass is 32.2. The molecule has 7 nitrogen and oxygen atoms in total. The normalized spacial score (nSPS) is 12.3. The van der Waals surface area contributed by atoms with Crippen LogP contribution in [0, 0.1) is 0 Å². The molecule has 0 saturated carbocycles. The number of esters is 2. The van der Waals surface area contributed by atoms with E-state index in [1.165, 1.54) is 135 Å².